The Labute approximate surface area is 240 Å². The van der Waals surface area contributed by atoms with Crippen LogP contribution in [0.2, 0.25) is 0 Å². The van der Waals surface area contributed by atoms with Gasteiger partial charge in [0.1, 0.15) is 12.6 Å². The molecular formula is C30H36BrN3O4S. The summed E-state index contributed by atoms with van der Waals surface area (Å²) in [7, 11) is -4.09. The first-order valence-corrected chi connectivity index (χ1v) is 15.2. The van der Waals surface area contributed by atoms with Crippen LogP contribution in [0.4, 0.5) is 5.69 Å². The van der Waals surface area contributed by atoms with Gasteiger partial charge >= 0.3 is 0 Å². The largest absolute Gasteiger partial charge is 0.352 e. The topological polar surface area (TPSA) is 86.8 Å². The van der Waals surface area contributed by atoms with Gasteiger partial charge in [-0.15, -0.1) is 0 Å². The number of hydrogen-bond acceptors (Lipinski definition) is 4. The number of nitrogens with one attached hydrogen (secondary N) is 1. The van der Waals surface area contributed by atoms with Crippen molar-refractivity contribution < 1.29 is 18.0 Å². The van der Waals surface area contributed by atoms with Crippen LogP contribution in [0.1, 0.15) is 43.9 Å². The molecule has 0 aromatic heterocycles. The summed E-state index contributed by atoms with van der Waals surface area (Å²) in [6.45, 7) is 9.12. The average Bonchev–Trinajstić information content (AvgIpc) is 2.88. The van der Waals surface area contributed by atoms with Gasteiger partial charge in [0.15, 0.2) is 0 Å². The number of carbonyl (C=O) groups is 2. The molecule has 0 bridgehead atoms. The molecule has 3 rings (SSSR count). The standard InChI is InChI=1S/C30H36BrN3O4S/c1-6-28(30(36)32-21(2)3)33(19-24-11-7-22(4)8-12-24)29(35)20-34(26-15-13-25(31)14-16-26)39(37,38)27-17-9-23(5)10-18-27/h7-18,21,28H,6,19-20H2,1-5H3,(H,32,36). The minimum atomic E-state index is -4.09. The van der Waals surface area contributed by atoms with E-state index in [4.69, 9.17) is 0 Å². The van der Waals surface area contributed by atoms with Crippen molar-refractivity contribution in [1.82, 2.24) is 10.2 Å². The summed E-state index contributed by atoms with van der Waals surface area (Å²) < 4.78 is 29.6. The number of sulfonamides is 1. The van der Waals surface area contributed by atoms with E-state index in [1.54, 1.807) is 36.4 Å². The third-order valence-corrected chi connectivity index (χ3v) is 8.61. The molecule has 0 aliphatic heterocycles. The minimum Gasteiger partial charge on any atom is -0.352 e. The van der Waals surface area contributed by atoms with E-state index >= 15 is 0 Å². The number of benzene rings is 3. The van der Waals surface area contributed by atoms with Crippen LogP contribution < -0.4 is 9.62 Å². The Morgan fingerprint density at radius 2 is 1.41 bits per heavy atom. The van der Waals surface area contributed by atoms with Gasteiger partial charge in [0.25, 0.3) is 10.0 Å². The van der Waals surface area contributed by atoms with E-state index in [1.807, 2.05) is 58.9 Å². The smallest absolute Gasteiger partial charge is 0.264 e. The van der Waals surface area contributed by atoms with Gasteiger partial charge in [0, 0.05) is 17.1 Å². The van der Waals surface area contributed by atoms with Crippen LogP contribution in [0.15, 0.2) is 82.2 Å². The van der Waals surface area contributed by atoms with Crippen molar-refractivity contribution in [1.29, 1.82) is 0 Å². The molecule has 0 radical (unpaired) electrons. The summed E-state index contributed by atoms with van der Waals surface area (Å²) in [6, 6.07) is 20.1. The number of aryl methyl sites for hydroxylation is 2. The normalized spacial score (nSPS) is 12.2. The van der Waals surface area contributed by atoms with Crippen LogP contribution in [-0.4, -0.2) is 43.8 Å². The van der Waals surface area contributed by atoms with Crippen LogP contribution in [0, 0.1) is 13.8 Å². The maximum absolute atomic E-state index is 14.0. The molecule has 0 saturated carbocycles. The molecule has 9 heteroatoms. The zero-order chi connectivity index (χ0) is 28.7. The third-order valence-electron chi connectivity index (χ3n) is 6.29. The summed E-state index contributed by atoms with van der Waals surface area (Å²) in [4.78, 5) is 28.8. The number of nitrogens with zero attached hydrogens (tertiary/aromatic N) is 2. The predicted molar refractivity (Wildman–Crippen MR) is 159 cm³/mol. The Hall–Kier alpha value is -3.17. The average molecular weight is 615 g/mol. The van der Waals surface area contributed by atoms with Crippen molar-refractivity contribution in [2.24, 2.45) is 0 Å². The molecule has 1 unspecified atom stereocenters. The Bertz CT molecular complexity index is 1370. The summed E-state index contributed by atoms with van der Waals surface area (Å²) in [5, 5.41) is 2.91. The number of halogens is 1. The molecule has 0 heterocycles. The van der Waals surface area contributed by atoms with E-state index in [0.717, 1.165) is 25.5 Å². The van der Waals surface area contributed by atoms with E-state index in [1.165, 1.54) is 17.0 Å². The zero-order valence-corrected chi connectivity index (χ0v) is 25.4. The van der Waals surface area contributed by atoms with E-state index in [9.17, 15) is 18.0 Å². The molecule has 39 heavy (non-hydrogen) atoms. The molecule has 0 spiro atoms. The summed E-state index contributed by atoms with van der Waals surface area (Å²) in [6.07, 6.45) is 0.374. The summed E-state index contributed by atoms with van der Waals surface area (Å²) >= 11 is 3.39. The number of carbonyl (C=O) groups excluding carboxylic acids is 2. The van der Waals surface area contributed by atoms with Crippen LogP contribution in [-0.2, 0) is 26.2 Å². The van der Waals surface area contributed by atoms with E-state index in [-0.39, 0.29) is 23.4 Å². The predicted octanol–water partition coefficient (Wildman–Crippen LogP) is 5.59. The highest BCUT2D eigenvalue weighted by atomic mass is 79.9. The second kappa shape index (κ2) is 13.3. The van der Waals surface area contributed by atoms with Gasteiger partial charge in [-0.1, -0.05) is 70.4 Å². The van der Waals surface area contributed by atoms with Gasteiger partial charge < -0.3 is 10.2 Å². The first-order chi connectivity index (χ1) is 18.4. The second-order valence-corrected chi connectivity index (χ2v) is 12.7. The maximum Gasteiger partial charge on any atom is 0.264 e. The Kier molecular flexibility index (Phi) is 10.3. The van der Waals surface area contributed by atoms with Crippen molar-refractivity contribution in [3.63, 3.8) is 0 Å². The fourth-order valence-electron chi connectivity index (χ4n) is 4.16. The van der Waals surface area contributed by atoms with E-state index in [0.29, 0.717) is 12.1 Å². The molecule has 3 aromatic rings. The Morgan fingerprint density at radius 1 is 0.872 bits per heavy atom. The van der Waals surface area contributed by atoms with Gasteiger partial charge in [-0.3, -0.25) is 13.9 Å². The zero-order valence-electron chi connectivity index (χ0n) is 23.0. The van der Waals surface area contributed by atoms with Gasteiger partial charge in [-0.05, 0) is 76.1 Å². The van der Waals surface area contributed by atoms with E-state index < -0.39 is 28.5 Å². The van der Waals surface area contributed by atoms with Crippen molar-refractivity contribution in [3.05, 3.63) is 94.0 Å². The first kappa shape index (κ1) is 30.4. The number of hydrogen-bond donors (Lipinski definition) is 1. The lowest BCUT2D eigenvalue weighted by Gasteiger charge is -2.33. The van der Waals surface area contributed by atoms with Gasteiger partial charge in [-0.2, -0.15) is 0 Å². The molecule has 3 aromatic carbocycles. The monoisotopic (exact) mass is 613 g/mol. The SMILES string of the molecule is CCC(C(=O)NC(C)C)N(Cc1ccc(C)cc1)C(=O)CN(c1ccc(Br)cc1)S(=O)(=O)c1ccc(C)cc1. The second-order valence-electron chi connectivity index (χ2n) is 9.90. The van der Waals surface area contributed by atoms with Gasteiger partial charge in [0.2, 0.25) is 11.8 Å². The highest BCUT2D eigenvalue weighted by Gasteiger charge is 2.33. The van der Waals surface area contributed by atoms with Gasteiger partial charge in [0.05, 0.1) is 10.6 Å². The molecule has 0 fully saturated rings. The van der Waals surface area contributed by atoms with Crippen LogP contribution in [0.3, 0.4) is 0 Å². The number of anilines is 1. The van der Waals surface area contributed by atoms with Crippen LogP contribution in [0.5, 0.6) is 0 Å². The Morgan fingerprint density at radius 3 is 1.92 bits per heavy atom. The molecule has 208 valence electrons. The maximum atomic E-state index is 14.0. The minimum absolute atomic E-state index is 0.0819. The lowest BCUT2D eigenvalue weighted by atomic mass is 10.1. The fraction of sp³-hybridized carbons (Fsp3) is 0.333. The number of rotatable bonds is 11. The molecule has 1 atom stereocenters. The fourth-order valence-corrected chi connectivity index (χ4v) is 5.84. The summed E-state index contributed by atoms with van der Waals surface area (Å²) in [5.74, 6) is -0.746. The lowest BCUT2D eigenvalue weighted by molar-refractivity contribution is -0.140. The van der Waals surface area contributed by atoms with Crippen LogP contribution in [0.25, 0.3) is 0 Å². The quantitative estimate of drug-likeness (QED) is 0.305. The van der Waals surface area contributed by atoms with Crippen molar-refractivity contribution in [3.8, 4) is 0 Å². The first-order valence-electron chi connectivity index (χ1n) is 12.9. The molecule has 1 N–H and O–H groups in total. The summed E-state index contributed by atoms with van der Waals surface area (Å²) in [5.41, 5.74) is 3.20. The lowest BCUT2D eigenvalue weighted by Crippen LogP contribution is -2.53. The van der Waals surface area contributed by atoms with Crippen molar-refractivity contribution in [2.75, 3.05) is 10.8 Å². The molecule has 0 aliphatic rings. The highest BCUT2D eigenvalue weighted by molar-refractivity contribution is 9.10. The molecule has 2 amide bonds. The molecule has 0 saturated heterocycles. The molecule has 7 nitrogen and oxygen atoms in total. The third kappa shape index (κ3) is 7.92. The van der Waals surface area contributed by atoms with Crippen molar-refractivity contribution in [2.45, 2.75) is 64.6 Å². The Balaban J connectivity index is 2.05. The number of amides is 2. The van der Waals surface area contributed by atoms with Crippen molar-refractivity contribution >= 4 is 43.5 Å². The van der Waals surface area contributed by atoms with E-state index in [2.05, 4.69) is 21.2 Å². The highest BCUT2D eigenvalue weighted by Crippen LogP contribution is 2.26. The van der Waals surface area contributed by atoms with Gasteiger partial charge in [-0.25, -0.2) is 8.42 Å². The molecule has 0 aliphatic carbocycles. The molecular weight excluding hydrogens is 578 g/mol. The van der Waals surface area contributed by atoms with Crippen LogP contribution >= 0.6 is 15.9 Å².